The lowest BCUT2D eigenvalue weighted by atomic mass is 10.8. The summed E-state index contributed by atoms with van der Waals surface area (Å²) in [6.07, 6.45) is 1.79. The first-order valence-electron chi connectivity index (χ1n) is 1.08. The maximum atomic E-state index is 3.43. The average molecular weight is 153 g/mol. The molecule has 0 N–H and O–H groups in total. The Morgan fingerprint density at radius 3 is 1.67 bits per heavy atom. The van der Waals surface area contributed by atoms with Gasteiger partial charge in [0.15, 0.2) is 0 Å². The molecule has 0 spiro atoms. The van der Waals surface area contributed by atoms with E-state index in [0.717, 1.165) is 5.33 Å². The van der Waals surface area contributed by atoms with Crippen molar-refractivity contribution < 1.29 is 0 Å². The van der Waals surface area contributed by atoms with E-state index < -0.39 is 0 Å². The molecule has 0 saturated heterocycles. The second kappa shape index (κ2) is 18.9. The number of hydrogen-bond donors (Lipinski definition) is 0. The third kappa shape index (κ3) is 29.4. The van der Waals surface area contributed by atoms with E-state index >= 15 is 0 Å². The molecule has 1 heteroatoms. The molecule has 0 fully saturated rings. The number of hydrogen-bond acceptors (Lipinski definition) is 0. The molecule has 0 amide bonds. The van der Waals surface area contributed by atoms with Crippen molar-refractivity contribution in [1.82, 2.24) is 0 Å². The van der Waals surface area contributed by atoms with Gasteiger partial charge in [0, 0.05) is 5.33 Å². The van der Waals surface area contributed by atoms with Gasteiger partial charge in [-0.2, -0.15) is 0 Å². The molecule has 0 aliphatic rings. The van der Waals surface area contributed by atoms with Crippen LogP contribution in [0.25, 0.3) is 0 Å². The molecule has 0 nitrogen and oxygen atoms in total. The van der Waals surface area contributed by atoms with E-state index in [0.29, 0.717) is 0 Å². The van der Waals surface area contributed by atoms with Crippen LogP contribution in [0, 0.1) is 0 Å². The summed E-state index contributed by atoms with van der Waals surface area (Å²) < 4.78 is 0. The molecule has 0 aliphatic carbocycles. The molecule has 0 bridgehead atoms. The van der Waals surface area contributed by atoms with E-state index in [2.05, 4.69) is 22.5 Å². The molecule has 0 aliphatic heterocycles. The third-order valence-electron chi connectivity index (χ3n) is 0.109. The maximum Gasteiger partial charge on any atom is 0.0209 e. The first kappa shape index (κ1) is 16.3. The van der Waals surface area contributed by atoms with Crippen molar-refractivity contribution in [2.75, 3.05) is 5.33 Å². The van der Waals surface area contributed by atoms with Gasteiger partial charge < -0.3 is 0 Å². The molecule has 0 radical (unpaired) electrons. The Hall–Kier alpha value is 0.220. The van der Waals surface area contributed by atoms with Crippen LogP contribution in [0.5, 0.6) is 0 Å². The van der Waals surface area contributed by atoms with Crippen molar-refractivity contribution in [3.63, 3.8) is 0 Å². The van der Waals surface area contributed by atoms with E-state index in [4.69, 9.17) is 0 Å². The normalized spacial score (nSPS) is 4.17. The lowest BCUT2D eigenvalue weighted by Crippen LogP contribution is -1.43. The second-order valence-electron chi connectivity index (χ2n) is 0.443. The molecule has 0 atom stereocenters. The van der Waals surface area contributed by atoms with E-state index in [1.807, 2.05) is 0 Å². The highest BCUT2D eigenvalue weighted by Gasteiger charge is 1.47. The SMILES string of the molecule is C.C.C=CCBr. The molecule has 0 aromatic carbocycles. The molecule has 0 rings (SSSR count). The summed E-state index contributed by atoms with van der Waals surface area (Å²) in [5.41, 5.74) is 0. The second-order valence-corrected chi connectivity index (χ2v) is 1.09. The van der Waals surface area contributed by atoms with Crippen molar-refractivity contribution in [3.8, 4) is 0 Å². The fourth-order valence-corrected chi connectivity index (χ4v) is 0. The quantitative estimate of drug-likeness (QED) is 0.401. The Morgan fingerprint density at radius 2 is 1.67 bits per heavy atom. The monoisotopic (exact) mass is 152 g/mol. The summed E-state index contributed by atoms with van der Waals surface area (Å²) in [7, 11) is 0. The summed E-state index contributed by atoms with van der Waals surface area (Å²) in [6, 6.07) is 0. The minimum atomic E-state index is 0. The van der Waals surface area contributed by atoms with Crippen LogP contribution < -0.4 is 0 Å². The van der Waals surface area contributed by atoms with Crippen molar-refractivity contribution in [2.24, 2.45) is 0 Å². The fourth-order valence-electron chi connectivity index (χ4n) is 0. The van der Waals surface area contributed by atoms with Gasteiger partial charge in [0.2, 0.25) is 0 Å². The smallest absolute Gasteiger partial charge is 0.0209 e. The highest BCUT2D eigenvalue weighted by molar-refractivity contribution is 9.09. The van der Waals surface area contributed by atoms with Gasteiger partial charge in [-0.05, 0) is 0 Å². The van der Waals surface area contributed by atoms with Gasteiger partial charge in [-0.3, -0.25) is 0 Å². The highest BCUT2D eigenvalue weighted by Crippen LogP contribution is 1.73. The molecule has 0 aromatic rings. The van der Waals surface area contributed by atoms with Gasteiger partial charge in [0.05, 0.1) is 0 Å². The highest BCUT2D eigenvalue weighted by atomic mass is 79.9. The molecule has 0 unspecified atom stereocenters. The zero-order valence-electron chi connectivity index (χ0n) is 2.37. The summed E-state index contributed by atoms with van der Waals surface area (Å²) in [4.78, 5) is 0. The fraction of sp³-hybridized carbons (Fsp3) is 0.600. The first-order chi connectivity index (χ1) is 1.91. The van der Waals surface area contributed by atoms with Crippen LogP contribution in [0.1, 0.15) is 14.9 Å². The van der Waals surface area contributed by atoms with Gasteiger partial charge in [0.25, 0.3) is 0 Å². The van der Waals surface area contributed by atoms with Crippen LogP contribution in [0.3, 0.4) is 0 Å². The van der Waals surface area contributed by atoms with Crippen LogP contribution in [0.2, 0.25) is 0 Å². The van der Waals surface area contributed by atoms with Crippen molar-refractivity contribution in [3.05, 3.63) is 12.7 Å². The van der Waals surface area contributed by atoms with Crippen LogP contribution in [0.15, 0.2) is 12.7 Å². The Morgan fingerprint density at radius 1 is 1.50 bits per heavy atom. The van der Waals surface area contributed by atoms with Gasteiger partial charge >= 0.3 is 0 Å². The first-order valence-corrected chi connectivity index (χ1v) is 2.21. The van der Waals surface area contributed by atoms with Crippen LogP contribution in [-0.4, -0.2) is 5.33 Å². The van der Waals surface area contributed by atoms with Crippen LogP contribution in [-0.2, 0) is 0 Å². The van der Waals surface area contributed by atoms with Crippen LogP contribution >= 0.6 is 15.9 Å². The topological polar surface area (TPSA) is 0 Å². The largest absolute Gasteiger partial charge is 0.102 e. The lowest BCUT2D eigenvalue weighted by Gasteiger charge is -1.55. The number of alkyl halides is 1. The van der Waals surface area contributed by atoms with Crippen molar-refractivity contribution in [1.29, 1.82) is 0 Å². The number of allylic oxidation sites excluding steroid dienone is 1. The zero-order chi connectivity index (χ0) is 3.41. The molecule has 0 saturated carbocycles. The van der Waals surface area contributed by atoms with Crippen LogP contribution in [0.4, 0.5) is 0 Å². The zero-order valence-corrected chi connectivity index (χ0v) is 3.96. The molecular weight excluding hydrogens is 140 g/mol. The van der Waals surface area contributed by atoms with Gasteiger partial charge in [-0.25, -0.2) is 0 Å². The summed E-state index contributed by atoms with van der Waals surface area (Å²) in [5.74, 6) is 0. The molecular formula is C5H13Br. The average Bonchev–Trinajstić information content (AvgIpc) is 1.37. The summed E-state index contributed by atoms with van der Waals surface area (Å²) in [5, 5.41) is 0.896. The minimum absolute atomic E-state index is 0. The van der Waals surface area contributed by atoms with Gasteiger partial charge in [0.1, 0.15) is 0 Å². The van der Waals surface area contributed by atoms with E-state index in [-0.39, 0.29) is 14.9 Å². The lowest BCUT2D eigenvalue weighted by molar-refractivity contribution is 1.87. The molecule has 40 valence electrons. The number of halogens is 1. The third-order valence-corrected chi connectivity index (χ3v) is 0.567. The standard InChI is InChI=1S/C3H5Br.2CH4/c1-2-3-4;;/h2H,1,3H2;2*1H4. The Balaban J connectivity index is -0.0000000450. The summed E-state index contributed by atoms with van der Waals surface area (Å²) >= 11 is 3.13. The van der Waals surface area contributed by atoms with Crippen molar-refractivity contribution in [2.45, 2.75) is 14.9 Å². The van der Waals surface area contributed by atoms with Gasteiger partial charge in [-0.1, -0.05) is 36.9 Å². The molecule has 0 heterocycles. The van der Waals surface area contributed by atoms with E-state index in [9.17, 15) is 0 Å². The van der Waals surface area contributed by atoms with Crippen molar-refractivity contribution >= 4 is 15.9 Å². The maximum absolute atomic E-state index is 3.43. The van der Waals surface area contributed by atoms with E-state index in [1.54, 1.807) is 6.08 Å². The predicted octanol–water partition coefficient (Wildman–Crippen LogP) is 2.84. The molecule has 6 heavy (non-hydrogen) atoms. The van der Waals surface area contributed by atoms with E-state index in [1.165, 1.54) is 0 Å². The minimum Gasteiger partial charge on any atom is -0.102 e. The van der Waals surface area contributed by atoms with Gasteiger partial charge in [-0.15, -0.1) is 6.58 Å². The predicted molar refractivity (Wildman–Crippen MR) is 37.5 cm³/mol. The summed E-state index contributed by atoms with van der Waals surface area (Å²) in [6.45, 7) is 3.43. The Bertz CT molecular complexity index is 17.9. The molecule has 0 aromatic heterocycles. The number of rotatable bonds is 1. The Kier molecular flexibility index (Phi) is 51.4. The Labute approximate surface area is 49.4 Å².